The van der Waals surface area contributed by atoms with Gasteiger partial charge in [0.25, 0.3) is 0 Å². The van der Waals surface area contributed by atoms with Gasteiger partial charge >= 0.3 is 0 Å². The van der Waals surface area contributed by atoms with Crippen molar-refractivity contribution < 1.29 is 10.2 Å². The molecule has 1 aliphatic carbocycles. The predicted molar refractivity (Wildman–Crippen MR) is 66.4 cm³/mol. The molecule has 16 heavy (non-hydrogen) atoms. The summed E-state index contributed by atoms with van der Waals surface area (Å²) in [6.45, 7) is 5.27. The molecule has 1 saturated carbocycles. The van der Waals surface area contributed by atoms with Crippen molar-refractivity contribution in [3.8, 4) is 0 Å². The minimum Gasteiger partial charge on any atom is -0.395 e. The van der Waals surface area contributed by atoms with Gasteiger partial charge in [-0.3, -0.25) is 4.90 Å². The zero-order chi connectivity index (χ0) is 12.0. The Morgan fingerprint density at radius 1 is 1.19 bits per heavy atom. The van der Waals surface area contributed by atoms with Crippen molar-refractivity contribution in [1.82, 2.24) is 4.90 Å². The Labute approximate surface area is 99.5 Å². The first-order valence-corrected chi connectivity index (χ1v) is 6.79. The van der Waals surface area contributed by atoms with Gasteiger partial charge in [-0.15, -0.1) is 0 Å². The fourth-order valence-corrected chi connectivity index (χ4v) is 2.97. The maximum Gasteiger partial charge on any atom is 0.0695 e. The normalized spacial score (nSPS) is 26.6. The molecule has 0 heterocycles. The lowest BCUT2D eigenvalue weighted by atomic mass is 9.89. The predicted octanol–water partition coefficient (Wildman–Crippen LogP) is 1.77. The summed E-state index contributed by atoms with van der Waals surface area (Å²) in [7, 11) is 0. The lowest BCUT2D eigenvalue weighted by Gasteiger charge is -2.41. The molecular formula is C13H27NO2. The van der Waals surface area contributed by atoms with Gasteiger partial charge in [-0.05, 0) is 25.7 Å². The van der Waals surface area contributed by atoms with Crippen LogP contribution in [0.5, 0.6) is 0 Å². The highest BCUT2D eigenvalue weighted by Crippen LogP contribution is 2.26. The minimum atomic E-state index is -0.194. The van der Waals surface area contributed by atoms with Gasteiger partial charge in [-0.25, -0.2) is 0 Å². The van der Waals surface area contributed by atoms with Crippen molar-refractivity contribution in [3.05, 3.63) is 0 Å². The highest BCUT2D eigenvalue weighted by Gasteiger charge is 2.31. The van der Waals surface area contributed by atoms with Crippen LogP contribution in [0.3, 0.4) is 0 Å². The summed E-state index contributed by atoms with van der Waals surface area (Å²) in [5.41, 5.74) is 0. The third-order valence-corrected chi connectivity index (χ3v) is 3.89. The summed E-state index contributed by atoms with van der Waals surface area (Å²) < 4.78 is 0. The van der Waals surface area contributed by atoms with Crippen molar-refractivity contribution in [1.29, 1.82) is 0 Å². The van der Waals surface area contributed by atoms with Gasteiger partial charge < -0.3 is 10.2 Å². The van der Waals surface area contributed by atoms with Crippen molar-refractivity contribution in [2.45, 2.75) is 70.6 Å². The molecule has 0 aliphatic heterocycles. The summed E-state index contributed by atoms with van der Waals surface area (Å²) in [4.78, 5) is 2.34. The molecule has 0 amide bonds. The van der Waals surface area contributed by atoms with Crippen LogP contribution in [0.2, 0.25) is 0 Å². The number of nitrogens with zero attached hydrogens (tertiary/aromatic N) is 1. The molecule has 1 fully saturated rings. The molecule has 1 aliphatic rings. The highest BCUT2D eigenvalue weighted by atomic mass is 16.3. The lowest BCUT2D eigenvalue weighted by Crippen LogP contribution is -2.51. The van der Waals surface area contributed by atoms with Crippen LogP contribution in [0.4, 0.5) is 0 Å². The second kappa shape index (κ2) is 7.25. The standard InChI is InChI=1S/C13H27NO2/c1-3-11(4-2)14(9-10-15)12-7-5-6-8-13(12)16/h11-13,15-16H,3-10H2,1-2H3. The SMILES string of the molecule is CCC(CC)N(CCO)C1CCCCC1O. The molecule has 0 saturated heterocycles. The van der Waals surface area contributed by atoms with Gasteiger partial charge in [0, 0.05) is 18.6 Å². The smallest absolute Gasteiger partial charge is 0.0695 e. The summed E-state index contributed by atoms with van der Waals surface area (Å²) in [5, 5.41) is 19.3. The first kappa shape index (κ1) is 13.9. The van der Waals surface area contributed by atoms with E-state index in [9.17, 15) is 10.2 Å². The van der Waals surface area contributed by atoms with E-state index in [1.807, 2.05) is 0 Å². The zero-order valence-electron chi connectivity index (χ0n) is 10.7. The van der Waals surface area contributed by atoms with Gasteiger partial charge in [-0.1, -0.05) is 26.7 Å². The Morgan fingerprint density at radius 3 is 2.31 bits per heavy atom. The average molecular weight is 229 g/mol. The average Bonchev–Trinajstić information content (AvgIpc) is 2.30. The fourth-order valence-electron chi connectivity index (χ4n) is 2.97. The van der Waals surface area contributed by atoms with E-state index >= 15 is 0 Å². The second-order valence-corrected chi connectivity index (χ2v) is 4.85. The van der Waals surface area contributed by atoms with Crippen LogP contribution in [0.15, 0.2) is 0 Å². The van der Waals surface area contributed by atoms with Crippen LogP contribution in [0, 0.1) is 0 Å². The van der Waals surface area contributed by atoms with Gasteiger partial charge in [0.2, 0.25) is 0 Å². The Kier molecular flexibility index (Phi) is 6.32. The van der Waals surface area contributed by atoms with Crippen LogP contribution >= 0.6 is 0 Å². The molecule has 0 aromatic rings. The molecule has 3 heteroatoms. The van der Waals surface area contributed by atoms with E-state index in [1.54, 1.807) is 0 Å². The minimum absolute atomic E-state index is 0.194. The summed E-state index contributed by atoms with van der Waals surface area (Å²) in [6.07, 6.45) is 6.36. The number of rotatable bonds is 6. The monoisotopic (exact) mass is 229 g/mol. The van der Waals surface area contributed by atoms with Crippen LogP contribution in [-0.2, 0) is 0 Å². The molecule has 96 valence electrons. The number of aliphatic hydroxyl groups excluding tert-OH is 2. The Morgan fingerprint density at radius 2 is 1.81 bits per heavy atom. The molecule has 3 nitrogen and oxygen atoms in total. The van der Waals surface area contributed by atoms with Crippen molar-refractivity contribution in [2.24, 2.45) is 0 Å². The Bertz CT molecular complexity index is 183. The Balaban J connectivity index is 2.65. The number of hydrogen-bond donors (Lipinski definition) is 2. The van der Waals surface area contributed by atoms with Crippen LogP contribution < -0.4 is 0 Å². The number of aliphatic hydroxyl groups is 2. The van der Waals surface area contributed by atoms with Crippen LogP contribution in [0.1, 0.15) is 52.4 Å². The summed E-state index contributed by atoms with van der Waals surface area (Å²) in [6, 6.07) is 0.774. The molecule has 0 aromatic carbocycles. The molecule has 2 N–H and O–H groups in total. The van der Waals surface area contributed by atoms with Gasteiger partial charge in [-0.2, -0.15) is 0 Å². The third kappa shape index (κ3) is 3.44. The van der Waals surface area contributed by atoms with E-state index in [2.05, 4.69) is 18.7 Å². The highest BCUT2D eigenvalue weighted by molar-refractivity contribution is 4.86. The summed E-state index contributed by atoms with van der Waals surface area (Å²) >= 11 is 0. The number of hydrogen-bond acceptors (Lipinski definition) is 3. The summed E-state index contributed by atoms with van der Waals surface area (Å²) in [5.74, 6) is 0. The van der Waals surface area contributed by atoms with E-state index in [0.717, 1.165) is 32.1 Å². The van der Waals surface area contributed by atoms with Crippen molar-refractivity contribution in [3.63, 3.8) is 0 Å². The van der Waals surface area contributed by atoms with Crippen LogP contribution in [0.25, 0.3) is 0 Å². The van der Waals surface area contributed by atoms with Crippen LogP contribution in [-0.4, -0.2) is 46.5 Å². The maximum atomic E-state index is 10.1. The molecule has 2 unspecified atom stereocenters. The zero-order valence-corrected chi connectivity index (χ0v) is 10.7. The molecule has 0 radical (unpaired) electrons. The van der Waals surface area contributed by atoms with Gasteiger partial charge in [0.05, 0.1) is 12.7 Å². The van der Waals surface area contributed by atoms with Crippen molar-refractivity contribution >= 4 is 0 Å². The van der Waals surface area contributed by atoms with E-state index in [1.165, 1.54) is 6.42 Å². The topological polar surface area (TPSA) is 43.7 Å². The first-order chi connectivity index (χ1) is 7.74. The quantitative estimate of drug-likeness (QED) is 0.729. The molecule has 0 spiro atoms. The maximum absolute atomic E-state index is 10.1. The van der Waals surface area contributed by atoms with E-state index in [0.29, 0.717) is 12.6 Å². The van der Waals surface area contributed by atoms with Gasteiger partial charge in [0.1, 0.15) is 0 Å². The molecule has 1 rings (SSSR count). The Hall–Kier alpha value is -0.120. The molecule has 0 aromatic heterocycles. The lowest BCUT2D eigenvalue weighted by molar-refractivity contribution is -0.0109. The van der Waals surface area contributed by atoms with E-state index in [4.69, 9.17) is 0 Å². The van der Waals surface area contributed by atoms with Gasteiger partial charge in [0.15, 0.2) is 0 Å². The van der Waals surface area contributed by atoms with E-state index in [-0.39, 0.29) is 18.8 Å². The third-order valence-electron chi connectivity index (χ3n) is 3.89. The van der Waals surface area contributed by atoms with E-state index < -0.39 is 0 Å². The fraction of sp³-hybridized carbons (Fsp3) is 1.00. The largest absolute Gasteiger partial charge is 0.395 e. The van der Waals surface area contributed by atoms with Crippen molar-refractivity contribution in [2.75, 3.05) is 13.2 Å². The molecular weight excluding hydrogens is 202 g/mol. The molecule has 2 atom stereocenters. The molecule has 0 bridgehead atoms. The second-order valence-electron chi connectivity index (χ2n) is 4.85. The first-order valence-electron chi connectivity index (χ1n) is 6.79.